The van der Waals surface area contributed by atoms with Crippen molar-refractivity contribution >= 4 is 15.9 Å². The third-order valence-electron chi connectivity index (χ3n) is 4.00. The molecule has 108 valence electrons. The van der Waals surface area contributed by atoms with Crippen LogP contribution in [0.15, 0.2) is 33.7 Å². The summed E-state index contributed by atoms with van der Waals surface area (Å²) in [5.41, 5.74) is 4.90. The minimum absolute atomic E-state index is 0.00458. The maximum absolute atomic E-state index is 5.66. The molecule has 5 nitrogen and oxygen atoms in total. The molecule has 0 radical (unpaired) electrons. The van der Waals surface area contributed by atoms with Gasteiger partial charge in [0.2, 0.25) is 0 Å². The Kier molecular flexibility index (Phi) is 4.24. The second-order valence-electron chi connectivity index (χ2n) is 5.30. The van der Waals surface area contributed by atoms with E-state index in [4.69, 9.17) is 15.4 Å². The van der Waals surface area contributed by atoms with Gasteiger partial charge in [0.05, 0.1) is 24.0 Å². The summed E-state index contributed by atoms with van der Waals surface area (Å²) in [7, 11) is 0. The van der Waals surface area contributed by atoms with E-state index in [2.05, 4.69) is 38.3 Å². The number of hydrazine groups is 1. The average molecular weight is 339 g/mol. The average Bonchev–Trinajstić information content (AvgIpc) is 3.17. The molecule has 0 amide bonds. The SMILES string of the molecule is NNC(Cc1ccn(C2CCCC2)n1)c1ccoc1Br. The monoisotopic (exact) mass is 338 g/mol. The Labute approximate surface area is 126 Å². The van der Waals surface area contributed by atoms with Crippen molar-refractivity contribution in [2.75, 3.05) is 0 Å². The minimum Gasteiger partial charge on any atom is -0.457 e. The summed E-state index contributed by atoms with van der Waals surface area (Å²) in [6.45, 7) is 0. The summed E-state index contributed by atoms with van der Waals surface area (Å²) in [6.07, 6.45) is 9.60. The van der Waals surface area contributed by atoms with Gasteiger partial charge >= 0.3 is 0 Å². The number of rotatable bonds is 5. The first-order valence-electron chi connectivity index (χ1n) is 7.01. The summed E-state index contributed by atoms with van der Waals surface area (Å²) in [5, 5.41) is 4.69. The highest BCUT2D eigenvalue weighted by atomic mass is 79.9. The maximum atomic E-state index is 5.66. The maximum Gasteiger partial charge on any atom is 0.173 e. The van der Waals surface area contributed by atoms with E-state index in [0.29, 0.717) is 6.04 Å². The Morgan fingerprint density at radius 2 is 2.25 bits per heavy atom. The number of nitrogens with zero attached hydrogens (tertiary/aromatic N) is 2. The Morgan fingerprint density at radius 1 is 1.45 bits per heavy atom. The molecule has 0 saturated heterocycles. The lowest BCUT2D eigenvalue weighted by Crippen LogP contribution is -2.29. The number of hydrogen-bond acceptors (Lipinski definition) is 4. The van der Waals surface area contributed by atoms with Crippen molar-refractivity contribution in [1.29, 1.82) is 0 Å². The van der Waals surface area contributed by atoms with E-state index in [1.165, 1.54) is 25.7 Å². The molecular weight excluding hydrogens is 320 g/mol. The first-order chi connectivity index (χ1) is 9.78. The molecule has 1 saturated carbocycles. The Morgan fingerprint density at radius 3 is 2.90 bits per heavy atom. The summed E-state index contributed by atoms with van der Waals surface area (Å²) >= 11 is 3.39. The Balaban J connectivity index is 1.71. The van der Waals surface area contributed by atoms with Gasteiger partial charge in [0.15, 0.2) is 4.67 Å². The smallest absolute Gasteiger partial charge is 0.173 e. The molecule has 3 rings (SSSR count). The fourth-order valence-corrected chi connectivity index (χ4v) is 3.40. The minimum atomic E-state index is -0.00458. The molecule has 2 aromatic heterocycles. The van der Waals surface area contributed by atoms with Crippen molar-refractivity contribution in [3.63, 3.8) is 0 Å². The zero-order valence-corrected chi connectivity index (χ0v) is 12.8. The highest BCUT2D eigenvalue weighted by Crippen LogP contribution is 2.30. The fraction of sp³-hybridized carbons (Fsp3) is 0.500. The van der Waals surface area contributed by atoms with Crippen LogP contribution in [0, 0.1) is 0 Å². The molecule has 6 heteroatoms. The van der Waals surface area contributed by atoms with Gasteiger partial charge in [-0.15, -0.1) is 0 Å². The first-order valence-corrected chi connectivity index (χ1v) is 7.80. The molecule has 0 aromatic carbocycles. The second kappa shape index (κ2) is 6.11. The van der Waals surface area contributed by atoms with Gasteiger partial charge in [-0.3, -0.25) is 16.0 Å². The molecule has 0 spiro atoms. The van der Waals surface area contributed by atoms with Crippen LogP contribution in [0.4, 0.5) is 0 Å². The van der Waals surface area contributed by atoms with Crippen LogP contribution in [0.5, 0.6) is 0 Å². The van der Waals surface area contributed by atoms with E-state index in [1.54, 1.807) is 6.26 Å². The van der Waals surface area contributed by atoms with Gasteiger partial charge in [-0.05, 0) is 40.9 Å². The Bertz CT molecular complexity index is 559. The van der Waals surface area contributed by atoms with Gasteiger partial charge in [-0.25, -0.2) is 0 Å². The lowest BCUT2D eigenvalue weighted by molar-refractivity contribution is 0.456. The summed E-state index contributed by atoms with van der Waals surface area (Å²) in [6, 6.07) is 4.57. The number of halogens is 1. The van der Waals surface area contributed by atoms with E-state index in [0.717, 1.165) is 22.3 Å². The molecule has 20 heavy (non-hydrogen) atoms. The summed E-state index contributed by atoms with van der Waals surface area (Å²) in [4.78, 5) is 0. The highest BCUT2D eigenvalue weighted by Gasteiger charge is 2.20. The van der Waals surface area contributed by atoms with Gasteiger partial charge in [0.1, 0.15) is 0 Å². The van der Waals surface area contributed by atoms with Crippen LogP contribution in [0.25, 0.3) is 0 Å². The zero-order valence-electron chi connectivity index (χ0n) is 11.3. The molecule has 2 aromatic rings. The van der Waals surface area contributed by atoms with Crippen LogP contribution < -0.4 is 11.3 Å². The largest absolute Gasteiger partial charge is 0.457 e. The molecule has 1 fully saturated rings. The van der Waals surface area contributed by atoms with Crippen molar-refractivity contribution in [3.8, 4) is 0 Å². The van der Waals surface area contributed by atoms with Crippen molar-refractivity contribution in [2.45, 2.75) is 44.2 Å². The van der Waals surface area contributed by atoms with Crippen LogP contribution >= 0.6 is 15.9 Å². The molecule has 3 N–H and O–H groups in total. The van der Waals surface area contributed by atoms with Gasteiger partial charge in [0, 0.05) is 18.2 Å². The highest BCUT2D eigenvalue weighted by molar-refractivity contribution is 9.10. The van der Waals surface area contributed by atoms with Crippen LogP contribution in [0.2, 0.25) is 0 Å². The lowest BCUT2D eigenvalue weighted by Gasteiger charge is -2.13. The quantitative estimate of drug-likeness (QED) is 0.649. The molecule has 0 bridgehead atoms. The van der Waals surface area contributed by atoms with E-state index in [-0.39, 0.29) is 6.04 Å². The normalized spacial score (nSPS) is 17.7. The number of furan rings is 1. The van der Waals surface area contributed by atoms with E-state index in [1.807, 2.05) is 6.07 Å². The third kappa shape index (κ3) is 2.82. The third-order valence-corrected chi connectivity index (χ3v) is 4.64. The first kappa shape index (κ1) is 13.9. The van der Waals surface area contributed by atoms with E-state index in [9.17, 15) is 0 Å². The molecule has 1 aliphatic carbocycles. The molecule has 0 aliphatic heterocycles. The van der Waals surface area contributed by atoms with Crippen molar-refractivity contribution in [2.24, 2.45) is 5.84 Å². The molecule has 1 unspecified atom stereocenters. The summed E-state index contributed by atoms with van der Waals surface area (Å²) in [5.74, 6) is 5.66. The van der Waals surface area contributed by atoms with Crippen molar-refractivity contribution < 1.29 is 4.42 Å². The van der Waals surface area contributed by atoms with Crippen molar-refractivity contribution in [1.82, 2.24) is 15.2 Å². The van der Waals surface area contributed by atoms with Crippen molar-refractivity contribution in [3.05, 3.63) is 40.5 Å². The number of nitrogens with two attached hydrogens (primary N) is 1. The van der Waals surface area contributed by atoms with Crippen LogP contribution in [0.1, 0.15) is 49.0 Å². The standard InChI is InChI=1S/C14H19BrN4O/c15-14-12(6-8-20-14)13(17-16)9-10-5-7-19(18-10)11-3-1-2-4-11/h5-8,11,13,17H,1-4,9,16H2. The number of aromatic nitrogens is 2. The van der Waals surface area contributed by atoms with Gasteiger partial charge in [-0.2, -0.15) is 5.10 Å². The van der Waals surface area contributed by atoms with E-state index < -0.39 is 0 Å². The second-order valence-corrected chi connectivity index (χ2v) is 6.02. The predicted octanol–water partition coefficient (Wildman–Crippen LogP) is 3.10. The predicted molar refractivity (Wildman–Crippen MR) is 79.9 cm³/mol. The molecule has 1 atom stereocenters. The van der Waals surface area contributed by atoms with E-state index >= 15 is 0 Å². The summed E-state index contributed by atoms with van der Waals surface area (Å²) < 4.78 is 8.10. The molecule has 1 aliphatic rings. The number of nitrogens with one attached hydrogen (secondary N) is 1. The van der Waals surface area contributed by atoms with Gasteiger partial charge < -0.3 is 4.42 Å². The van der Waals surface area contributed by atoms with Gasteiger partial charge in [0.25, 0.3) is 0 Å². The van der Waals surface area contributed by atoms with Crippen LogP contribution in [0.3, 0.4) is 0 Å². The topological polar surface area (TPSA) is 69.0 Å². The zero-order chi connectivity index (χ0) is 13.9. The van der Waals surface area contributed by atoms with Gasteiger partial charge in [-0.1, -0.05) is 12.8 Å². The fourth-order valence-electron chi connectivity index (χ4n) is 2.88. The molecular formula is C14H19BrN4O. The number of hydrogen-bond donors (Lipinski definition) is 2. The Hall–Kier alpha value is -1.11. The van der Waals surface area contributed by atoms with Crippen LogP contribution in [-0.4, -0.2) is 9.78 Å². The lowest BCUT2D eigenvalue weighted by atomic mass is 10.1. The molecule has 2 heterocycles. The van der Waals surface area contributed by atoms with Crippen LogP contribution in [-0.2, 0) is 6.42 Å².